The lowest BCUT2D eigenvalue weighted by Gasteiger charge is -2.14. The van der Waals surface area contributed by atoms with Gasteiger partial charge in [0, 0.05) is 5.88 Å². The molecule has 0 aliphatic rings. The van der Waals surface area contributed by atoms with E-state index >= 15 is 0 Å². The fourth-order valence-electron chi connectivity index (χ4n) is 1.99. The molecule has 0 fully saturated rings. The van der Waals surface area contributed by atoms with Crippen LogP contribution in [-0.2, 0) is 4.79 Å². The Morgan fingerprint density at radius 1 is 1.17 bits per heavy atom. The molecule has 18 heavy (non-hydrogen) atoms. The minimum Gasteiger partial charge on any atom is -0.481 e. The van der Waals surface area contributed by atoms with Crippen molar-refractivity contribution in [2.45, 2.75) is 44.9 Å². The zero-order valence-electron chi connectivity index (χ0n) is 11.0. The number of alkyl halides is 1. The third-order valence-corrected chi connectivity index (χ3v) is 3.45. The maximum atomic E-state index is 11.3. The Labute approximate surface area is 114 Å². The van der Waals surface area contributed by atoms with Gasteiger partial charge in [-0.1, -0.05) is 44.5 Å². The molecule has 0 spiro atoms. The zero-order valence-corrected chi connectivity index (χ0v) is 11.8. The van der Waals surface area contributed by atoms with Crippen LogP contribution in [0.4, 0.5) is 0 Å². The maximum absolute atomic E-state index is 11.3. The van der Waals surface area contributed by atoms with Gasteiger partial charge in [0.2, 0.25) is 0 Å². The number of unbranched alkanes of at least 4 members (excludes halogenated alkanes) is 1. The Hall–Kier alpha value is -1.02. The molecule has 0 bridgehead atoms. The molecule has 1 N–H and O–H groups in total. The van der Waals surface area contributed by atoms with Crippen molar-refractivity contribution in [2.75, 3.05) is 5.88 Å². The Kier molecular flexibility index (Phi) is 6.20. The van der Waals surface area contributed by atoms with E-state index in [-0.39, 0.29) is 0 Å². The van der Waals surface area contributed by atoms with Crippen molar-refractivity contribution in [3.05, 3.63) is 35.4 Å². The first kappa shape index (κ1) is 15.0. The molecule has 0 aliphatic heterocycles. The summed E-state index contributed by atoms with van der Waals surface area (Å²) < 4.78 is 0. The van der Waals surface area contributed by atoms with Crippen molar-refractivity contribution in [1.29, 1.82) is 0 Å². The van der Waals surface area contributed by atoms with Gasteiger partial charge < -0.3 is 5.11 Å². The van der Waals surface area contributed by atoms with E-state index in [1.807, 2.05) is 24.3 Å². The van der Waals surface area contributed by atoms with Gasteiger partial charge in [0.25, 0.3) is 0 Å². The third kappa shape index (κ3) is 4.34. The minimum atomic E-state index is -0.748. The second kappa shape index (κ2) is 7.42. The summed E-state index contributed by atoms with van der Waals surface area (Å²) in [5.41, 5.74) is 2.13. The number of halogens is 1. The number of benzene rings is 1. The largest absolute Gasteiger partial charge is 0.481 e. The molecule has 0 radical (unpaired) electrons. The highest BCUT2D eigenvalue weighted by Crippen LogP contribution is 2.24. The second-order valence-electron chi connectivity index (χ2n) is 4.90. The first-order valence-electron chi connectivity index (χ1n) is 6.45. The van der Waals surface area contributed by atoms with Gasteiger partial charge in [-0.3, -0.25) is 4.79 Å². The molecular formula is C15H21ClO2. The summed E-state index contributed by atoms with van der Waals surface area (Å²) in [5.74, 6) is -0.0894. The quantitative estimate of drug-likeness (QED) is 0.588. The lowest BCUT2D eigenvalue weighted by Crippen LogP contribution is -2.11. The molecule has 2 nitrogen and oxygen atoms in total. The summed E-state index contributed by atoms with van der Waals surface area (Å²) in [6.45, 7) is 4.26. The first-order chi connectivity index (χ1) is 8.56. The normalized spacial score (nSPS) is 12.7. The van der Waals surface area contributed by atoms with Crippen molar-refractivity contribution in [3.63, 3.8) is 0 Å². The van der Waals surface area contributed by atoms with Gasteiger partial charge in [0.1, 0.15) is 0 Å². The molecule has 1 aromatic carbocycles. The highest BCUT2D eigenvalue weighted by molar-refractivity contribution is 6.17. The molecule has 100 valence electrons. The van der Waals surface area contributed by atoms with Gasteiger partial charge in [0.05, 0.1) is 5.92 Å². The van der Waals surface area contributed by atoms with Gasteiger partial charge in [-0.15, -0.1) is 11.6 Å². The van der Waals surface area contributed by atoms with Crippen LogP contribution in [0.1, 0.15) is 56.1 Å². The molecule has 0 saturated heterocycles. The van der Waals surface area contributed by atoms with Crippen LogP contribution in [0.25, 0.3) is 0 Å². The van der Waals surface area contributed by atoms with Crippen LogP contribution in [0.3, 0.4) is 0 Å². The van der Waals surface area contributed by atoms with Crippen LogP contribution >= 0.6 is 11.6 Å². The van der Waals surface area contributed by atoms with Crippen LogP contribution < -0.4 is 0 Å². The lowest BCUT2D eigenvalue weighted by molar-refractivity contribution is -0.139. The number of carboxylic acid groups (broad SMARTS) is 1. The average Bonchev–Trinajstić information content (AvgIpc) is 2.34. The summed E-state index contributed by atoms with van der Waals surface area (Å²) in [6, 6.07) is 7.93. The molecule has 0 saturated carbocycles. The highest BCUT2D eigenvalue weighted by atomic mass is 35.5. The minimum absolute atomic E-state index is 0.408. The SMILES string of the molecule is CC(C)c1ccc(C(CCCCCl)C(=O)O)cc1. The van der Waals surface area contributed by atoms with E-state index in [0.29, 0.717) is 18.2 Å². The predicted octanol–water partition coefficient (Wildman–Crippen LogP) is 4.39. The van der Waals surface area contributed by atoms with Crippen molar-refractivity contribution < 1.29 is 9.90 Å². The highest BCUT2D eigenvalue weighted by Gasteiger charge is 2.19. The molecule has 0 amide bonds. The lowest BCUT2D eigenvalue weighted by atomic mass is 9.91. The number of carbonyl (C=O) groups is 1. The maximum Gasteiger partial charge on any atom is 0.310 e. The number of hydrogen-bond donors (Lipinski definition) is 1. The van der Waals surface area contributed by atoms with Crippen molar-refractivity contribution >= 4 is 17.6 Å². The summed E-state index contributed by atoms with van der Waals surface area (Å²) in [7, 11) is 0. The Morgan fingerprint density at radius 2 is 1.72 bits per heavy atom. The summed E-state index contributed by atoms with van der Waals surface area (Å²) in [6.07, 6.45) is 2.38. The molecular weight excluding hydrogens is 248 g/mol. The fourth-order valence-corrected chi connectivity index (χ4v) is 2.18. The van der Waals surface area contributed by atoms with Crippen molar-refractivity contribution in [1.82, 2.24) is 0 Å². The van der Waals surface area contributed by atoms with E-state index < -0.39 is 11.9 Å². The first-order valence-corrected chi connectivity index (χ1v) is 6.98. The van der Waals surface area contributed by atoms with E-state index in [2.05, 4.69) is 13.8 Å². The van der Waals surface area contributed by atoms with Crippen molar-refractivity contribution in [2.24, 2.45) is 0 Å². The van der Waals surface area contributed by atoms with E-state index in [4.69, 9.17) is 11.6 Å². The van der Waals surface area contributed by atoms with Crippen LogP contribution in [0.2, 0.25) is 0 Å². The number of carboxylic acids is 1. The van der Waals surface area contributed by atoms with E-state index in [9.17, 15) is 9.90 Å². The molecule has 1 rings (SSSR count). The van der Waals surface area contributed by atoms with Gasteiger partial charge in [-0.2, -0.15) is 0 Å². The van der Waals surface area contributed by atoms with Gasteiger partial charge in [0.15, 0.2) is 0 Å². The second-order valence-corrected chi connectivity index (χ2v) is 5.27. The number of rotatable bonds is 7. The van der Waals surface area contributed by atoms with E-state index in [1.54, 1.807) is 0 Å². The van der Waals surface area contributed by atoms with Crippen LogP contribution in [0, 0.1) is 0 Å². The zero-order chi connectivity index (χ0) is 13.5. The molecule has 0 aromatic heterocycles. The van der Waals surface area contributed by atoms with E-state index in [0.717, 1.165) is 18.4 Å². The van der Waals surface area contributed by atoms with Gasteiger partial charge in [-0.05, 0) is 29.9 Å². The molecule has 0 aliphatic carbocycles. The standard InChI is InChI=1S/C15H21ClO2/c1-11(2)12-6-8-13(9-7-12)14(15(17)18)5-3-4-10-16/h6-9,11,14H,3-5,10H2,1-2H3,(H,17,18). The monoisotopic (exact) mass is 268 g/mol. The van der Waals surface area contributed by atoms with Gasteiger partial charge >= 0.3 is 5.97 Å². The topological polar surface area (TPSA) is 37.3 Å². The van der Waals surface area contributed by atoms with Crippen LogP contribution in [0.5, 0.6) is 0 Å². The van der Waals surface area contributed by atoms with Crippen molar-refractivity contribution in [3.8, 4) is 0 Å². The Balaban J connectivity index is 2.76. The third-order valence-electron chi connectivity index (χ3n) is 3.18. The molecule has 1 atom stereocenters. The molecule has 1 aromatic rings. The predicted molar refractivity (Wildman–Crippen MR) is 75.5 cm³/mol. The number of hydrogen-bond acceptors (Lipinski definition) is 1. The van der Waals surface area contributed by atoms with Gasteiger partial charge in [-0.25, -0.2) is 0 Å². The smallest absolute Gasteiger partial charge is 0.310 e. The Morgan fingerprint density at radius 3 is 2.17 bits per heavy atom. The summed E-state index contributed by atoms with van der Waals surface area (Å²) in [5, 5.41) is 9.27. The molecule has 3 heteroatoms. The van der Waals surface area contributed by atoms with Crippen LogP contribution in [-0.4, -0.2) is 17.0 Å². The van der Waals surface area contributed by atoms with E-state index in [1.165, 1.54) is 5.56 Å². The summed E-state index contributed by atoms with van der Waals surface area (Å²) >= 11 is 5.62. The summed E-state index contributed by atoms with van der Waals surface area (Å²) in [4.78, 5) is 11.3. The van der Waals surface area contributed by atoms with Crippen LogP contribution in [0.15, 0.2) is 24.3 Å². The fraction of sp³-hybridized carbons (Fsp3) is 0.533. The Bertz CT molecular complexity index is 371. The average molecular weight is 269 g/mol. The molecule has 1 unspecified atom stereocenters. The number of aliphatic carboxylic acids is 1. The molecule has 0 heterocycles.